The molecule has 0 aliphatic heterocycles. The first-order chi connectivity index (χ1) is 66.4. The van der Waals surface area contributed by atoms with E-state index in [9.17, 15) is 0 Å². The van der Waals surface area contributed by atoms with E-state index >= 15 is 0 Å². The molecule has 20 aromatic carbocycles. The Morgan fingerprint density at radius 2 is 0.515 bits per heavy atom. The summed E-state index contributed by atoms with van der Waals surface area (Å²) in [6, 6.07) is 158. The number of thiophene rings is 2. The first-order valence-corrected chi connectivity index (χ1v) is 46.9. The van der Waals surface area contributed by atoms with Crippen molar-refractivity contribution in [3.63, 3.8) is 0 Å². The molecule has 28 rings (SSSR count). The smallest absolute Gasteiger partial charge is 0.166 e. The fourth-order valence-corrected chi connectivity index (χ4v) is 23.7. The van der Waals surface area contributed by atoms with Gasteiger partial charge in [0.2, 0.25) is 0 Å². The Morgan fingerprint density at radius 1 is 0.172 bits per heavy atom. The van der Waals surface area contributed by atoms with Crippen molar-refractivity contribution in [1.29, 1.82) is 0 Å². The lowest BCUT2D eigenvalue weighted by Gasteiger charge is -2.16. The molecule has 0 spiro atoms. The van der Waals surface area contributed by atoms with Gasteiger partial charge in [-0.1, -0.05) is 309 Å². The number of fused-ring (bicyclic) bond motifs is 20. The van der Waals surface area contributed by atoms with E-state index in [1.165, 1.54) is 63.3 Å². The van der Waals surface area contributed by atoms with Crippen molar-refractivity contribution in [3.8, 4) is 124 Å². The van der Waals surface area contributed by atoms with E-state index in [0.29, 0.717) is 34.9 Å². The fraction of sp³-hybridized carbons (Fsp3) is 0. The van der Waals surface area contributed by atoms with Crippen LogP contribution >= 0.6 is 22.7 Å². The molecular weight excluding hydrogens is 1670 g/mol. The van der Waals surface area contributed by atoms with Gasteiger partial charge in [0.25, 0.3) is 0 Å². The van der Waals surface area contributed by atoms with Gasteiger partial charge < -0.3 is 18.3 Å². The van der Waals surface area contributed by atoms with E-state index in [2.05, 4.69) is 455 Å². The molecular formula is C122H72N10S2. The lowest BCUT2D eigenvalue weighted by Crippen LogP contribution is -2.03. The maximum absolute atomic E-state index is 5.82. The van der Waals surface area contributed by atoms with Crippen molar-refractivity contribution in [2.24, 2.45) is 0 Å². The van der Waals surface area contributed by atoms with Gasteiger partial charge in [-0.25, -0.2) is 29.9 Å². The van der Waals surface area contributed by atoms with Crippen LogP contribution in [0.15, 0.2) is 437 Å². The molecule has 28 aromatic rings. The third-order valence-corrected chi connectivity index (χ3v) is 29.7. The second-order valence-electron chi connectivity index (χ2n) is 34.7. The summed E-state index contributed by atoms with van der Waals surface area (Å²) in [5.41, 5.74) is 24.7. The number of rotatable bonds is 13. The van der Waals surface area contributed by atoms with Crippen molar-refractivity contribution in [2.75, 3.05) is 0 Å². The molecule has 10 nitrogen and oxygen atoms in total. The van der Waals surface area contributed by atoms with Crippen LogP contribution in [0, 0.1) is 0 Å². The molecule has 622 valence electrons. The van der Waals surface area contributed by atoms with Crippen LogP contribution in [0.1, 0.15) is 0 Å². The predicted molar refractivity (Wildman–Crippen MR) is 560 cm³/mol. The van der Waals surface area contributed by atoms with Gasteiger partial charge in [-0.2, -0.15) is 0 Å². The summed E-state index contributed by atoms with van der Waals surface area (Å²) in [6.45, 7) is 0. The minimum absolute atomic E-state index is 0.553. The Labute approximate surface area is 775 Å². The number of nitrogens with zero attached hydrogens (tertiary/aromatic N) is 10. The largest absolute Gasteiger partial charge is 0.309 e. The molecule has 8 heterocycles. The van der Waals surface area contributed by atoms with Gasteiger partial charge in [0.1, 0.15) is 0 Å². The summed E-state index contributed by atoms with van der Waals surface area (Å²) in [6.07, 6.45) is 0. The molecule has 8 aromatic heterocycles. The lowest BCUT2D eigenvalue weighted by atomic mass is 9.94. The molecule has 0 radical (unpaired) electrons. The number of benzene rings is 20. The monoisotopic (exact) mass is 1740 g/mol. The van der Waals surface area contributed by atoms with Crippen LogP contribution in [0.4, 0.5) is 0 Å². The molecule has 0 amide bonds. The van der Waals surface area contributed by atoms with Crippen molar-refractivity contribution >= 4 is 172 Å². The summed E-state index contributed by atoms with van der Waals surface area (Å²) in [4.78, 5) is 34.3. The Bertz CT molecular complexity index is 9770. The maximum Gasteiger partial charge on any atom is 0.166 e. The van der Waals surface area contributed by atoms with E-state index < -0.39 is 0 Å². The topological polar surface area (TPSA) is 97.1 Å². The fourth-order valence-electron chi connectivity index (χ4n) is 21.2. The summed E-state index contributed by atoms with van der Waals surface area (Å²) < 4.78 is 14.3. The van der Waals surface area contributed by atoms with Gasteiger partial charge in [0, 0.05) is 128 Å². The summed E-state index contributed by atoms with van der Waals surface area (Å²) >= 11 is 3.58. The Kier molecular flexibility index (Phi) is 17.0. The highest BCUT2D eigenvalue weighted by molar-refractivity contribution is 7.27. The molecule has 0 bridgehead atoms. The van der Waals surface area contributed by atoms with Crippen molar-refractivity contribution in [2.45, 2.75) is 0 Å². The molecule has 0 aliphatic rings. The highest BCUT2D eigenvalue weighted by atomic mass is 32.1. The molecule has 0 N–H and O–H groups in total. The maximum atomic E-state index is 5.82. The number of aromatic nitrogens is 10. The van der Waals surface area contributed by atoms with Gasteiger partial charge in [-0.3, -0.25) is 0 Å². The van der Waals surface area contributed by atoms with Crippen molar-refractivity contribution in [1.82, 2.24) is 48.2 Å². The molecule has 134 heavy (non-hydrogen) atoms. The summed E-state index contributed by atoms with van der Waals surface area (Å²) in [5.74, 6) is 3.40. The van der Waals surface area contributed by atoms with Crippen LogP contribution in [0.5, 0.6) is 0 Å². The standard InChI is InChI=1S/C122H72N10S2/c1-4-28-73(29-5-1)74-56-60-77(61-57-74)117-123-120(128-121(124-117)96-64-66-104(111-92-44-18-24-52-108(92)133-115(96)111)131-101-49-21-15-41-88(101)98-69-79-30-10-12-32-81(79)71-106(98)131)95-63-62-86(110-91-43-17-23-51-103(91)130(114(95)110)85-38-8-3-9-39-85)76-58-54-75(55-59-76)78-34-26-35-83(68-78)118-125-119(94-47-27-46-90-87-40-14-20-48-100(87)129(113(90)94)84-36-6-2-7-37-84)127-122(126-118)97-65-67-105(112-93-45-19-25-53-109(93)134-116(97)112)132-102-50-22-16-42-89(102)99-70-80-31-11-13-33-82(80)72-107(99)132/h1-72H. The Balaban J connectivity index is 0.612. The van der Waals surface area contributed by atoms with Crippen LogP contribution in [0.3, 0.4) is 0 Å². The average molecular weight is 1740 g/mol. The number of hydrogen-bond donors (Lipinski definition) is 0. The van der Waals surface area contributed by atoms with E-state index in [1.807, 2.05) is 0 Å². The molecule has 0 atom stereocenters. The molecule has 0 saturated heterocycles. The second-order valence-corrected chi connectivity index (χ2v) is 36.8. The van der Waals surface area contributed by atoms with Gasteiger partial charge in [-0.15, -0.1) is 22.7 Å². The quantitative estimate of drug-likeness (QED) is 0.114. The minimum atomic E-state index is 0.553. The summed E-state index contributed by atoms with van der Waals surface area (Å²) in [7, 11) is 0. The van der Waals surface area contributed by atoms with Crippen LogP contribution in [-0.2, 0) is 0 Å². The Hall–Kier alpha value is -17.4. The van der Waals surface area contributed by atoms with Crippen LogP contribution in [0.2, 0.25) is 0 Å². The van der Waals surface area contributed by atoms with Gasteiger partial charge in [-0.05, 0) is 182 Å². The van der Waals surface area contributed by atoms with E-state index in [4.69, 9.17) is 29.9 Å². The highest BCUT2D eigenvalue weighted by Crippen LogP contribution is 2.51. The van der Waals surface area contributed by atoms with Gasteiger partial charge >= 0.3 is 0 Å². The predicted octanol–water partition coefficient (Wildman–Crippen LogP) is 32.5. The van der Waals surface area contributed by atoms with Gasteiger partial charge in [0.15, 0.2) is 34.9 Å². The SMILES string of the molecule is c1ccc(-c2ccc(-c3nc(-c4ccc(-n5c6ccccc6c6cc7ccccc7cc65)c5c4sc4ccccc45)nc(-c4ccc(-c5ccc(-c6cccc(-c7nc(-c8ccc(-n9c%10ccccc%10c%10cc%11ccccc%11cc%109)c9c8sc8ccccc89)nc(-c8cccc9c%10ccccc%10n(-c%10ccccc%10)c89)n7)c6)cc5)c5c6ccccc6n(-c6ccccc6)c45)n3)cc2)cc1. The zero-order chi connectivity index (χ0) is 87.7. The summed E-state index contributed by atoms with van der Waals surface area (Å²) in [5, 5.41) is 18.7. The third kappa shape index (κ3) is 11.8. The molecule has 12 heteroatoms. The Morgan fingerprint density at radius 3 is 1.05 bits per heavy atom. The first-order valence-electron chi connectivity index (χ1n) is 45.3. The first kappa shape index (κ1) is 75.5. The van der Waals surface area contributed by atoms with E-state index in [-0.39, 0.29) is 0 Å². The van der Waals surface area contributed by atoms with Gasteiger partial charge in [0.05, 0.1) is 55.5 Å². The van der Waals surface area contributed by atoms with Crippen molar-refractivity contribution in [3.05, 3.63) is 437 Å². The van der Waals surface area contributed by atoms with Crippen molar-refractivity contribution < 1.29 is 0 Å². The molecule has 0 saturated carbocycles. The zero-order valence-electron chi connectivity index (χ0n) is 71.9. The zero-order valence-corrected chi connectivity index (χ0v) is 73.5. The van der Waals surface area contributed by atoms with Crippen LogP contribution < -0.4 is 0 Å². The van der Waals surface area contributed by atoms with E-state index in [1.54, 1.807) is 22.7 Å². The molecule has 0 aliphatic carbocycles. The lowest BCUT2D eigenvalue weighted by molar-refractivity contribution is 1.07. The second kappa shape index (κ2) is 30.1. The molecule has 0 unspecified atom stereocenters. The number of para-hydroxylation sites is 7. The van der Waals surface area contributed by atoms with Crippen LogP contribution in [-0.4, -0.2) is 48.2 Å². The average Bonchev–Trinajstić information content (AvgIpc) is 1.56. The third-order valence-electron chi connectivity index (χ3n) is 27.2. The molecule has 0 fully saturated rings. The minimum Gasteiger partial charge on any atom is -0.309 e. The normalized spacial score (nSPS) is 12.0. The van der Waals surface area contributed by atoms with E-state index in [0.717, 1.165) is 175 Å². The van der Waals surface area contributed by atoms with Crippen LogP contribution in [0.25, 0.3) is 274 Å². The highest BCUT2D eigenvalue weighted by Gasteiger charge is 2.30. The number of hydrogen-bond acceptors (Lipinski definition) is 8.